The zero-order valence-corrected chi connectivity index (χ0v) is 6.96. The zero-order valence-electron chi connectivity index (χ0n) is 4.57. The maximum absolute atomic E-state index is 0. The molecule has 0 aliphatic rings. The van der Waals surface area contributed by atoms with E-state index < -0.39 is 0 Å². The summed E-state index contributed by atoms with van der Waals surface area (Å²) in [4.78, 5) is 0. The van der Waals surface area contributed by atoms with Gasteiger partial charge in [-0.15, -0.1) is 0 Å². The van der Waals surface area contributed by atoms with Crippen molar-refractivity contribution >= 4 is 0 Å². The average Bonchev–Trinajstić information content (AvgIpc) is 0. The van der Waals surface area contributed by atoms with Crippen LogP contribution in [0.3, 0.4) is 0 Å². The summed E-state index contributed by atoms with van der Waals surface area (Å²) >= 11 is 0. The van der Waals surface area contributed by atoms with Gasteiger partial charge in [-0.05, 0) is 0 Å². The van der Waals surface area contributed by atoms with Gasteiger partial charge in [0.15, 0.2) is 0 Å². The standard InChI is InChI=1S/CH4.2CH3.Ir.3H2N.H2O/h1H4;2*1H3;;4*1H2/q;2*-1;;3*-1;. The molecule has 5 heteroatoms. The summed E-state index contributed by atoms with van der Waals surface area (Å²) in [5.41, 5.74) is 0. The van der Waals surface area contributed by atoms with Crippen molar-refractivity contribution in [3.63, 3.8) is 0 Å². The minimum atomic E-state index is 0. The van der Waals surface area contributed by atoms with E-state index in [1.165, 1.54) is 0 Å². The van der Waals surface area contributed by atoms with Crippen LogP contribution < -0.4 is 0 Å². The first-order valence-electron chi connectivity index (χ1n) is 0. The SMILES string of the molecule is C.O.[CH3-].[CH3-].[Ir].[NH2-].[NH2-].[NH2-]. The Balaban J connectivity index is 0. The summed E-state index contributed by atoms with van der Waals surface area (Å²) in [5, 5.41) is 0. The molecule has 0 rings (SSSR count). The Kier molecular flexibility index (Phi) is 327000. The molecule has 65 valence electrons. The van der Waals surface area contributed by atoms with E-state index in [0.717, 1.165) is 0 Å². The molecule has 0 aliphatic carbocycles. The molecular weight excluding hydrogens is 286 g/mol. The van der Waals surface area contributed by atoms with Crippen molar-refractivity contribution in [2.45, 2.75) is 7.43 Å². The molecule has 0 aromatic rings. The molecule has 0 unspecified atom stereocenters. The molecular formula is C3H18IrN3O-5. The molecule has 0 spiro atoms. The summed E-state index contributed by atoms with van der Waals surface area (Å²) in [6, 6.07) is 0. The Morgan fingerprint density at radius 2 is 0.625 bits per heavy atom. The van der Waals surface area contributed by atoms with E-state index in [0.29, 0.717) is 0 Å². The van der Waals surface area contributed by atoms with Gasteiger partial charge in [-0.25, -0.2) is 0 Å². The average molecular weight is 304 g/mol. The first kappa shape index (κ1) is 1990. The molecule has 0 aliphatic heterocycles. The predicted molar refractivity (Wildman–Crippen MR) is 39.0 cm³/mol. The van der Waals surface area contributed by atoms with Crippen LogP contribution in [0, 0.1) is 14.9 Å². The van der Waals surface area contributed by atoms with Crippen LogP contribution >= 0.6 is 0 Å². The quantitative estimate of drug-likeness (QED) is 0.609. The van der Waals surface area contributed by atoms with E-state index in [-0.39, 0.29) is 66.3 Å². The molecule has 0 atom stereocenters. The van der Waals surface area contributed by atoms with Crippen molar-refractivity contribution in [2.75, 3.05) is 0 Å². The van der Waals surface area contributed by atoms with Crippen LogP contribution in [0.5, 0.6) is 0 Å². The van der Waals surface area contributed by atoms with E-state index >= 15 is 0 Å². The van der Waals surface area contributed by atoms with Crippen molar-refractivity contribution in [1.29, 1.82) is 0 Å². The molecule has 0 amide bonds. The fourth-order valence-electron chi connectivity index (χ4n) is 0. The third-order valence-electron chi connectivity index (χ3n) is 0. The van der Waals surface area contributed by atoms with Gasteiger partial charge in [-0.2, -0.15) is 0 Å². The summed E-state index contributed by atoms with van der Waals surface area (Å²) in [6.45, 7) is 0. The van der Waals surface area contributed by atoms with Gasteiger partial charge in [0.05, 0.1) is 0 Å². The van der Waals surface area contributed by atoms with Gasteiger partial charge >= 0.3 is 0 Å². The van der Waals surface area contributed by atoms with E-state index in [4.69, 9.17) is 0 Å². The van der Waals surface area contributed by atoms with Gasteiger partial charge in [0.2, 0.25) is 0 Å². The van der Waals surface area contributed by atoms with Crippen molar-refractivity contribution in [2.24, 2.45) is 0 Å². The largest absolute Gasteiger partial charge is 0.693 e. The first-order chi connectivity index (χ1) is 0. The topological polar surface area (TPSA) is 132 Å². The maximum atomic E-state index is 0. The molecule has 4 nitrogen and oxygen atoms in total. The van der Waals surface area contributed by atoms with Crippen molar-refractivity contribution in [1.82, 2.24) is 0 Å². The van der Waals surface area contributed by atoms with Gasteiger partial charge in [-0.1, -0.05) is 7.43 Å². The Morgan fingerprint density at radius 1 is 0.625 bits per heavy atom. The third kappa shape index (κ3) is 817. The van der Waals surface area contributed by atoms with Crippen molar-refractivity contribution < 1.29 is 25.6 Å². The van der Waals surface area contributed by atoms with Gasteiger partial charge in [0.1, 0.15) is 0 Å². The minimum Gasteiger partial charge on any atom is -0.693 e. The smallest absolute Gasteiger partial charge is 0 e. The maximum Gasteiger partial charge on any atom is 0 e. The van der Waals surface area contributed by atoms with Crippen LogP contribution in [0.25, 0.3) is 18.5 Å². The monoisotopic (exact) mass is 305 g/mol. The number of hydrogen-bond acceptors (Lipinski definition) is 0. The normalized spacial score (nSPS) is 0. The molecule has 0 aromatic heterocycles. The van der Waals surface area contributed by atoms with Crippen LogP contribution in [-0.4, -0.2) is 5.48 Å². The molecule has 0 fully saturated rings. The Morgan fingerprint density at radius 3 is 0.625 bits per heavy atom. The molecule has 0 saturated carbocycles. The van der Waals surface area contributed by atoms with Crippen LogP contribution in [0.1, 0.15) is 7.43 Å². The molecule has 0 saturated heterocycles. The van der Waals surface area contributed by atoms with Crippen LogP contribution in [0.4, 0.5) is 0 Å². The Hall–Kier alpha value is 0.489. The van der Waals surface area contributed by atoms with Crippen LogP contribution in [0.2, 0.25) is 0 Å². The third-order valence-corrected chi connectivity index (χ3v) is 0. The van der Waals surface area contributed by atoms with Crippen LogP contribution in [0.15, 0.2) is 0 Å². The summed E-state index contributed by atoms with van der Waals surface area (Å²) < 4.78 is 0. The van der Waals surface area contributed by atoms with E-state index in [9.17, 15) is 0 Å². The van der Waals surface area contributed by atoms with Crippen molar-refractivity contribution in [3.8, 4) is 0 Å². The number of hydrogen-bond donors (Lipinski definition) is 0. The molecule has 0 heterocycles. The second kappa shape index (κ2) is 1320. The summed E-state index contributed by atoms with van der Waals surface area (Å²) in [7, 11) is 0. The fourth-order valence-corrected chi connectivity index (χ4v) is 0. The second-order valence-corrected chi connectivity index (χ2v) is 0. The Labute approximate surface area is 66.8 Å². The van der Waals surface area contributed by atoms with Crippen molar-refractivity contribution in [3.05, 3.63) is 33.3 Å². The molecule has 0 aromatic carbocycles. The zero-order chi connectivity index (χ0) is 0. The first-order valence-corrected chi connectivity index (χ1v) is 0. The van der Waals surface area contributed by atoms with Crippen LogP contribution in [-0.2, 0) is 20.1 Å². The summed E-state index contributed by atoms with van der Waals surface area (Å²) in [5.74, 6) is 0. The second-order valence-electron chi connectivity index (χ2n) is 0. The fraction of sp³-hybridized carbons (Fsp3) is 0.333. The van der Waals surface area contributed by atoms with E-state index in [2.05, 4.69) is 0 Å². The van der Waals surface area contributed by atoms with E-state index in [1.54, 1.807) is 0 Å². The molecule has 8 N–H and O–H groups in total. The predicted octanol–water partition coefficient (Wildman–Crippen LogP) is 2.86. The van der Waals surface area contributed by atoms with Gasteiger partial charge in [0, 0.05) is 20.1 Å². The Bertz CT molecular complexity index is 14.5. The molecule has 8 heavy (non-hydrogen) atoms. The minimum absolute atomic E-state index is 0. The molecule has 0 bridgehead atoms. The van der Waals surface area contributed by atoms with Gasteiger partial charge in [-0.3, -0.25) is 0 Å². The number of nitrogens with two attached hydrogens (primary N) is 3. The van der Waals surface area contributed by atoms with Gasteiger partial charge in [0.25, 0.3) is 0 Å². The molecule has 1 radical (unpaired) electrons. The van der Waals surface area contributed by atoms with Gasteiger partial charge < -0.3 is 38.8 Å². The van der Waals surface area contributed by atoms with E-state index in [1.807, 2.05) is 0 Å². The number of rotatable bonds is 0. The summed E-state index contributed by atoms with van der Waals surface area (Å²) in [6.07, 6.45) is 0.